The number of hydrogen-bond donors (Lipinski definition) is 2. The first kappa shape index (κ1) is 31.6. The molecule has 14 heteroatoms. The molecule has 3 unspecified atom stereocenters. The molecule has 3 aromatic heterocycles. The van der Waals surface area contributed by atoms with E-state index in [9.17, 15) is 4.79 Å². The number of halogens is 1. The van der Waals surface area contributed by atoms with Crippen molar-refractivity contribution in [1.82, 2.24) is 24.9 Å². The molecule has 0 saturated carbocycles. The van der Waals surface area contributed by atoms with Crippen molar-refractivity contribution in [2.75, 3.05) is 29.9 Å². The highest BCUT2D eigenvalue weighted by atomic mass is 35.5. The largest absolute Gasteiger partial charge is 0.490 e. The number of pyridine rings is 2. The van der Waals surface area contributed by atoms with Gasteiger partial charge in [-0.1, -0.05) is 17.7 Å². The maximum Gasteiger partial charge on any atom is 0.490 e. The Hall–Kier alpha value is -3.39. The molecular formula is C31H41BClN7O5. The molecule has 2 N–H and O–H groups in total. The van der Waals surface area contributed by atoms with E-state index in [0.29, 0.717) is 48.9 Å². The van der Waals surface area contributed by atoms with E-state index in [4.69, 9.17) is 30.4 Å². The Bertz CT molecular complexity index is 1580. The lowest BCUT2D eigenvalue weighted by Gasteiger charge is -2.42. The second kappa shape index (κ2) is 12.1. The van der Waals surface area contributed by atoms with E-state index in [1.807, 2.05) is 33.0 Å². The number of alkyl carbamates (subject to hydrolysis) is 1. The van der Waals surface area contributed by atoms with Crippen LogP contribution >= 0.6 is 11.6 Å². The SMILES string of the molecule is CC(C)(C)OC(=O)NC1CC=C(B2OC(C)(C)C(C)(CC3CN(c4ccc(Nc5cc(Cl)cn6ncnc56)nc4)CCO3)O2)C1. The quantitative estimate of drug-likeness (QED) is 0.328. The Morgan fingerprint density at radius 3 is 2.80 bits per heavy atom. The fourth-order valence-corrected chi connectivity index (χ4v) is 6.25. The Balaban J connectivity index is 1.05. The van der Waals surface area contributed by atoms with Gasteiger partial charge in [0.05, 0.1) is 46.5 Å². The predicted octanol–water partition coefficient (Wildman–Crippen LogP) is 5.34. The summed E-state index contributed by atoms with van der Waals surface area (Å²) in [5.74, 6) is 0.678. The van der Waals surface area contributed by atoms with Crippen LogP contribution in [0.15, 0.2) is 48.5 Å². The number of morpholine rings is 1. The second-order valence-electron chi connectivity index (χ2n) is 13.6. The van der Waals surface area contributed by atoms with Crippen molar-refractivity contribution in [3.63, 3.8) is 0 Å². The number of aromatic nitrogens is 4. The van der Waals surface area contributed by atoms with Gasteiger partial charge in [-0.05, 0) is 78.1 Å². The van der Waals surface area contributed by atoms with E-state index in [2.05, 4.69) is 63.5 Å². The summed E-state index contributed by atoms with van der Waals surface area (Å²) in [5.41, 5.74) is 1.77. The standard InChI is InChI=1S/C31H41BClN7O5/c1-29(2,3)43-28(41)37-22-8-7-20(13-22)32-44-30(4,5)31(6,45-32)15-24-18-39(11-12-42-24)23-9-10-26(34-16-23)38-25-14-21(33)17-40-27(25)35-19-36-40/h7,9-10,14,16-17,19,22,24H,8,11-13,15,18H2,1-6H3,(H,34,38)(H,37,41). The van der Waals surface area contributed by atoms with E-state index >= 15 is 0 Å². The summed E-state index contributed by atoms with van der Waals surface area (Å²) in [6.45, 7) is 13.9. The van der Waals surface area contributed by atoms with Crippen LogP contribution in [-0.2, 0) is 18.8 Å². The van der Waals surface area contributed by atoms with Gasteiger partial charge < -0.3 is 34.3 Å². The molecule has 0 aromatic carbocycles. The summed E-state index contributed by atoms with van der Waals surface area (Å²) in [5, 5.41) is 11.0. The third-order valence-electron chi connectivity index (χ3n) is 8.69. The number of nitrogens with zero attached hydrogens (tertiary/aromatic N) is 5. The minimum Gasteiger partial charge on any atom is -0.444 e. The highest BCUT2D eigenvalue weighted by Gasteiger charge is 2.56. The summed E-state index contributed by atoms with van der Waals surface area (Å²) in [7, 11) is -0.474. The molecular weight excluding hydrogens is 597 g/mol. The first-order valence-electron chi connectivity index (χ1n) is 15.4. The van der Waals surface area contributed by atoms with Gasteiger partial charge in [0.2, 0.25) is 0 Å². The van der Waals surface area contributed by atoms with Crippen molar-refractivity contribution >= 4 is 47.7 Å². The first-order chi connectivity index (χ1) is 21.3. The minimum absolute atomic E-state index is 0.0448. The number of ether oxygens (including phenoxy) is 2. The van der Waals surface area contributed by atoms with Crippen LogP contribution in [0.1, 0.15) is 60.8 Å². The van der Waals surface area contributed by atoms with Gasteiger partial charge in [-0.15, -0.1) is 0 Å². The van der Waals surface area contributed by atoms with Gasteiger partial charge in [0.25, 0.3) is 0 Å². The molecule has 1 amide bonds. The van der Waals surface area contributed by atoms with E-state index in [1.165, 1.54) is 6.33 Å². The van der Waals surface area contributed by atoms with Crippen LogP contribution in [-0.4, -0.2) is 81.4 Å². The zero-order chi connectivity index (χ0) is 32.0. The smallest absolute Gasteiger partial charge is 0.444 e. The summed E-state index contributed by atoms with van der Waals surface area (Å²) in [4.78, 5) is 23.5. The molecule has 45 heavy (non-hydrogen) atoms. The number of nitrogens with one attached hydrogen (secondary N) is 2. The molecule has 3 aromatic rings. The van der Waals surface area contributed by atoms with Crippen molar-refractivity contribution < 1.29 is 23.6 Å². The lowest BCUT2D eigenvalue weighted by Crippen LogP contribution is -2.51. The van der Waals surface area contributed by atoms with E-state index < -0.39 is 30.0 Å². The fraction of sp³-hybridized carbons (Fsp3) is 0.548. The van der Waals surface area contributed by atoms with Crippen LogP contribution in [0.4, 0.5) is 22.0 Å². The Kier molecular flexibility index (Phi) is 8.49. The molecule has 240 valence electrons. The van der Waals surface area contributed by atoms with Gasteiger partial charge in [0.15, 0.2) is 5.65 Å². The molecule has 2 fully saturated rings. The van der Waals surface area contributed by atoms with Gasteiger partial charge >= 0.3 is 13.2 Å². The monoisotopic (exact) mass is 637 g/mol. The van der Waals surface area contributed by atoms with Gasteiger partial charge in [-0.3, -0.25) is 0 Å². The number of amides is 1. The zero-order valence-electron chi connectivity index (χ0n) is 26.7. The maximum atomic E-state index is 12.3. The van der Waals surface area contributed by atoms with Crippen molar-refractivity contribution in [3.8, 4) is 0 Å². The summed E-state index contributed by atoms with van der Waals surface area (Å²) in [6, 6.07) is 5.75. The van der Waals surface area contributed by atoms with Gasteiger partial charge in [-0.25, -0.2) is 19.3 Å². The molecule has 2 saturated heterocycles. The van der Waals surface area contributed by atoms with Gasteiger partial charge in [0.1, 0.15) is 17.7 Å². The molecule has 12 nitrogen and oxygen atoms in total. The van der Waals surface area contributed by atoms with Crippen LogP contribution < -0.4 is 15.5 Å². The molecule has 0 bridgehead atoms. The highest BCUT2D eigenvalue weighted by molar-refractivity contribution is 6.54. The van der Waals surface area contributed by atoms with Crippen molar-refractivity contribution in [2.24, 2.45) is 0 Å². The molecule has 6 rings (SSSR count). The summed E-state index contributed by atoms with van der Waals surface area (Å²) < 4.78 is 26.4. The number of hydrogen-bond acceptors (Lipinski definition) is 10. The molecule has 5 heterocycles. The number of rotatable bonds is 7. The molecule has 2 aliphatic heterocycles. The van der Waals surface area contributed by atoms with Crippen LogP contribution in [0.3, 0.4) is 0 Å². The summed E-state index contributed by atoms with van der Waals surface area (Å²) >= 11 is 6.25. The lowest BCUT2D eigenvalue weighted by molar-refractivity contribution is -0.0651. The molecule has 3 atom stereocenters. The van der Waals surface area contributed by atoms with Crippen LogP contribution in [0, 0.1) is 0 Å². The van der Waals surface area contributed by atoms with Crippen molar-refractivity contribution in [2.45, 2.75) is 89.8 Å². The third kappa shape index (κ3) is 7.06. The van der Waals surface area contributed by atoms with Crippen molar-refractivity contribution in [1.29, 1.82) is 0 Å². The average Bonchev–Trinajstić information content (AvgIpc) is 3.66. The number of carbonyl (C=O) groups is 1. The normalized spacial score (nSPS) is 25.0. The lowest BCUT2D eigenvalue weighted by atomic mass is 9.77. The molecule has 0 spiro atoms. The van der Waals surface area contributed by atoms with Gasteiger partial charge in [0, 0.05) is 31.7 Å². The Morgan fingerprint density at radius 2 is 2.04 bits per heavy atom. The van der Waals surface area contributed by atoms with Gasteiger partial charge in [-0.2, -0.15) is 5.10 Å². The molecule has 3 aliphatic rings. The van der Waals surface area contributed by atoms with E-state index in [1.54, 1.807) is 16.8 Å². The highest BCUT2D eigenvalue weighted by Crippen LogP contribution is 2.44. The first-order valence-corrected chi connectivity index (χ1v) is 15.8. The molecule has 1 aliphatic carbocycles. The fourth-order valence-electron chi connectivity index (χ4n) is 6.04. The predicted molar refractivity (Wildman–Crippen MR) is 173 cm³/mol. The number of anilines is 3. The molecule has 0 radical (unpaired) electrons. The van der Waals surface area contributed by atoms with Crippen LogP contribution in [0.25, 0.3) is 5.65 Å². The third-order valence-corrected chi connectivity index (χ3v) is 8.89. The number of fused-ring (bicyclic) bond motifs is 1. The Morgan fingerprint density at radius 1 is 1.22 bits per heavy atom. The second-order valence-corrected chi connectivity index (χ2v) is 14.1. The zero-order valence-corrected chi connectivity index (χ0v) is 27.4. The topological polar surface area (TPSA) is 124 Å². The van der Waals surface area contributed by atoms with E-state index in [-0.39, 0.29) is 12.1 Å². The summed E-state index contributed by atoms with van der Waals surface area (Å²) in [6.07, 6.45) is 8.73. The van der Waals surface area contributed by atoms with E-state index in [0.717, 1.165) is 23.4 Å². The number of carbonyl (C=O) groups excluding carboxylic acids is 1. The van der Waals surface area contributed by atoms with Crippen LogP contribution in [0.5, 0.6) is 0 Å². The maximum absolute atomic E-state index is 12.3. The average molecular weight is 638 g/mol. The van der Waals surface area contributed by atoms with Crippen LogP contribution in [0.2, 0.25) is 5.02 Å². The van der Waals surface area contributed by atoms with Crippen molar-refractivity contribution in [3.05, 3.63) is 53.5 Å². The Labute approximate surface area is 268 Å². The minimum atomic E-state index is -0.584.